The number of amides is 1. The van der Waals surface area contributed by atoms with Gasteiger partial charge in [0.05, 0.1) is 30.7 Å². The van der Waals surface area contributed by atoms with Crippen molar-refractivity contribution in [2.45, 2.75) is 37.6 Å². The molecule has 0 spiro atoms. The van der Waals surface area contributed by atoms with E-state index in [1.165, 1.54) is 18.3 Å². The molecule has 168 valence electrons. The van der Waals surface area contributed by atoms with Gasteiger partial charge in [-0.2, -0.15) is 0 Å². The number of alkyl halides is 2. The normalized spacial score (nSPS) is 20.0. The number of halogens is 4. The highest BCUT2D eigenvalue weighted by Crippen LogP contribution is 2.36. The topological polar surface area (TPSA) is 109 Å². The van der Waals surface area contributed by atoms with Gasteiger partial charge in [0.2, 0.25) is 0 Å². The molecule has 1 aromatic carbocycles. The van der Waals surface area contributed by atoms with Crippen LogP contribution in [0.25, 0.3) is 11.3 Å². The van der Waals surface area contributed by atoms with E-state index in [0.29, 0.717) is 17.8 Å². The van der Waals surface area contributed by atoms with Crippen molar-refractivity contribution in [3.63, 3.8) is 0 Å². The van der Waals surface area contributed by atoms with Crippen LogP contribution in [-0.2, 0) is 11.3 Å². The molecular formula is C20H21F4N3O4. The van der Waals surface area contributed by atoms with Gasteiger partial charge >= 0.3 is 6.09 Å². The van der Waals surface area contributed by atoms with Crippen molar-refractivity contribution in [1.29, 1.82) is 0 Å². The average Bonchev–Trinajstić information content (AvgIpc) is 2.74. The maximum atomic E-state index is 13.6. The molecule has 0 radical (unpaired) electrons. The maximum absolute atomic E-state index is 13.6. The molecule has 0 bridgehead atoms. The molecule has 1 aliphatic rings. The van der Waals surface area contributed by atoms with Gasteiger partial charge in [0, 0.05) is 17.7 Å². The van der Waals surface area contributed by atoms with Gasteiger partial charge < -0.3 is 25.6 Å². The Morgan fingerprint density at radius 2 is 2.03 bits per heavy atom. The van der Waals surface area contributed by atoms with Crippen LogP contribution in [-0.4, -0.2) is 52.5 Å². The summed E-state index contributed by atoms with van der Waals surface area (Å²) < 4.78 is 58.2. The lowest BCUT2D eigenvalue weighted by molar-refractivity contribution is -0.141. The molecule has 2 unspecified atom stereocenters. The third kappa shape index (κ3) is 4.72. The first-order valence-electron chi connectivity index (χ1n) is 9.41. The summed E-state index contributed by atoms with van der Waals surface area (Å²) in [6, 6.07) is 4.69. The number of carbonyl (C=O) groups is 1. The smallest absolute Gasteiger partial charge is 0.405 e. The zero-order valence-electron chi connectivity index (χ0n) is 16.3. The Morgan fingerprint density at radius 1 is 1.29 bits per heavy atom. The lowest BCUT2D eigenvalue weighted by atomic mass is 9.86. The molecular weight excluding hydrogens is 422 g/mol. The molecule has 1 saturated heterocycles. The molecule has 0 saturated carbocycles. The van der Waals surface area contributed by atoms with E-state index in [-0.39, 0.29) is 30.6 Å². The van der Waals surface area contributed by atoms with Crippen molar-refractivity contribution >= 4 is 11.8 Å². The minimum absolute atomic E-state index is 0.0349. The van der Waals surface area contributed by atoms with Crippen molar-refractivity contribution in [2.24, 2.45) is 5.73 Å². The molecule has 31 heavy (non-hydrogen) atoms. The Kier molecular flexibility index (Phi) is 6.65. The number of aliphatic hydroxyl groups excluding tert-OH is 2. The van der Waals surface area contributed by atoms with E-state index in [1.54, 1.807) is 4.90 Å². The number of benzene rings is 1. The summed E-state index contributed by atoms with van der Waals surface area (Å²) in [5.41, 5.74) is 4.33. The molecule has 2 heterocycles. The second-order valence-electron chi connectivity index (χ2n) is 7.28. The number of aromatic nitrogens is 1. The van der Waals surface area contributed by atoms with Gasteiger partial charge in [-0.05, 0) is 37.1 Å². The van der Waals surface area contributed by atoms with Crippen LogP contribution < -0.4 is 10.6 Å². The third-order valence-electron chi connectivity index (χ3n) is 5.26. The van der Waals surface area contributed by atoms with E-state index in [4.69, 9.17) is 10.5 Å². The average molecular weight is 443 g/mol. The van der Waals surface area contributed by atoms with Crippen molar-refractivity contribution in [3.8, 4) is 11.3 Å². The van der Waals surface area contributed by atoms with Gasteiger partial charge in [-0.3, -0.25) is 4.98 Å². The van der Waals surface area contributed by atoms with Crippen LogP contribution in [0, 0.1) is 11.6 Å². The summed E-state index contributed by atoms with van der Waals surface area (Å²) in [7, 11) is 0. The van der Waals surface area contributed by atoms with E-state index >= 15 is 0 Å². The summed E-state index contributed by atoms with van der Waals surface area (Å²) in [4.78, 5) is 17.1. The Labute approximate surface area is 175 Å². The summed E-state index contributed by atoms with van der Waals surface area (Å²) in [5, 5.41) is 19.9. The molecule has 1 amide bonds. The van der Waals surface area contributed by atoms with E-state index in [9.17, 15) is 32.6 Å². The van der Waals surface area contributed by atoms with Gasteiger partial charge in [-0.15, -0.1) is 0 Å². The second-order valence-corrected chi connectivity index (χ2v) is 7.28. The lowest BCUT2D eigenvalue weighted by Crippen LogP contribution is -2.60. The van der Waals surface area contributed by atoms with Crippen LogP contribution in [0.5, 0.6) is 0 Å². The molecule has 7 nitrogen and oxygen atoms in total. The molecule has 11 heteroatoms. The van der Waals surface area contributed by atoms with E-state index in [1.807, 2.05) is 0 Å². The SMILES string of the molecule is NC(=O)OC1(C(O)C(F)F)CCCN(c2cnc(-c3ccc(F)c(F)c3)cc2CO)C1. The quantitative estimate of drug-likeness (QED) is 0.593. The summed E-state index contributed by atoms with van der Waals surface area (Å²) in [6.07, 6.45) is -5.15. The van der Waals surface area contributed by atoms with E-state index in [2.05, 4.69) is 4.98 Å². The number of hydrogen-bond donors (Lipinski definition) is 3. The maximum Gasteiger partial charge on any atom is 0.405 e. The van der Waals surface area contributed by atoms with Crippen molar-refractivity contribution < 1.29 is 37.3 Å². The number of ether oxygens (including phenoxy) is 1. The number of carbonyl (C=O) groups excluding carboxylic acids is 1. The first-order valence-corrected chi connectivity index (χ1v) is 9.41. The monoisotopic (exact) mass is 443 g/mol. The van der Waals surface area contributed by atoms with E-state index in [0.717, 1.165) is 12.1 Å². The van der Waals surface area contributed by atoms with Gasteiger partial charge in [-0.1, -0.05) is 0 Å². The minimum atomic E-state index is -3.18. The highest BCUT2D eigenvalue weighted by Gasteiger charge is 2.49. The summed E-state index contributed by atoms with van der Waals surface area (Å²) in [6.45, 7) is -0.425. The number of rotatable bonds is 6. The number of aliphatic hydroxyl groups is 2. The third-order valence-corrected chi connectivity index (χ3v) is 5.26. The van der Waals surface area contributed by atoms with E-state index < -0.39 is 42.5 Å². The molecule has 3 rings (SSSR count). The Hall–Kier alpha value is -2.92. The Balaban J connectivity index is 1.95. The summed E-state index contributed by atoms with van der Waals surface area (Å²) >= 11 is 0. The number of anilines is 1. The molecule has 2 atom stereocenters. The predicted octanol–water partition coefficient (Wildman–Crippen LogP) is 2.58. The first kappa shape index (κ1) is 22.8. The van der Waals surface area contributed by atoms with Crippen LogP contribution in [0.3, 0.4) is 0 Å². The molecule has 0 aliphatic carbocycles. The van der Waals surface area contributed by atoms with Gasteiger partial charge in [0.1, 0.15) is 0 Å². The zero-order chi connectivity index (χ0) is 22.8. The van der Waals surface area contributed by atoms with Crippen molar-refractivity contribution in [1.82, 2.24) is 4.98 Å². The number of hydrogen-bond acceptors (Lipinski definition) is 6. The fourth-order valence-electron chi connectivity index (χ4n) is 3.79. The zero-order valence-corrected chi connectivity index (χ0v) is 16.3. The molecule has 1 aromatic heterocycles. The fourth-order valence-corrected chi connectivity index (χ4v) is 3.79. The number of nitrogens with zero attached hydrogens (tertiary/aromatic N) is 2. The standard InChI is InChI=1S/C20H21F4N3O4/c21-13-3-2-11(6-14(13)22)15-7-12(9-28)16(8-26-15)27-5-1-4-20(10-27,31-19(25)30)17(29)18(23)24/h2-3,6-8,17-18,28-29H,1,4-5,9-10H2,(H2,25,30). The highest BCUT2D eigenvalue weighted by molar-refractivity contribution is 5.66. The molecule has 1 aliphatic heterocycles. The van der Waals surface area contributed by atoms with Crippen LogP contribution in [0.2, 0.25) is 0 Å². The summed E-state index contributed by atoms with van der Waals surface area (Å²) in [5.74, 6) is -2.07. The minimum Gasteiger partial charge on any atom is -0.438 e. The molecule has 1 fully saturated rings. The highest BCUT2D eigenvalue weighted by atomic mass is 19.3. The molecule has 2 aromatic rings. The second kappa shape index (κ2) is 9.06. The van der Waals surface area contributed by atoms with Crippen LogP contribution in [0.1, 0.15) is 18.4 Å². The van der Waals surface area contributed by atoms with Gasteiger partial charge in [-0.25, -0.2) is 22.4 Å². The van der Waals surface area contributed by atoms with Crippen LogP contribution in [0.15, 0.2) is 30.5 Å². The fraction of sp³-hybridized carbons (Fsp3) is 0.400. The predicted molar refractivity (Wildman–Crippen MR) is 102 cm³/mol. The lowest BCUT2D eigenvalue weighted by Gasteiger charge is -2.45. The van der Waals surface area contributed by atoms with Crippen LogP contribution in [0.4, 0.5) is 28.0 Å². The number of nitrogens with two attached hydrogens (primary N) is 1. The number of pyridine rings is 1. The van der Waals surface area contributed by atoms with Crippen molar-refractivity contribution in [3.05, 3.63) is 47.7 Å². The molecule has 4 N–H and O–H groups in total. The van der Waals surface area contributed by atoms with Gasteiger partial charge in [0.25, 0.3) is 6.43 Å². The number of primary amides is 1. The number of piperidine rings is 1. The Bertz CT molecular complexity index is 962. The van der Waals surface area contributed by atoms with Crippen LogP contribution >= 0.6 is 0 Å². The Morgan fingerprint density at radius 3 is 2.65 bits per heavy atom. The van der Waals surface area contributed by atoms with Crippen molar-refractivity contribution in [2.75, 3.05) is 18.0 Å². The largest absolute Gasteiger partial charge is 0.438 e. The first-order chi connectivity index (χ1) is 14.7. The van der Waals surface area contributed by atoms with Gasteiger partial charge in [0.15, 0.2) is 23.3 Å².